The van der Waals surface area contributed by atoms with Crippen LogP contribution >= 0.6 is 34.5 Å². The van der Waals surface area contributed by atoms with Crippen LogP contribution < -0.4 is 0 Å². The second-order valence-corrected chi connectivity index (χ2v) is 4.23. The van der Waals surface area contributed by atoms with E-state index in [1.165, 1.54) is 11.3 Å². The van der Waals surface area contributed by atoms with Crippen LogP contribution in [-0.2, 0) is 9.53 Å². The molecule has 1 heterocycles. The van der Waals surface area contributed by atoms with Crippen molar-refractivity contribution in [2.75, 3.05) is 6.61 Å². The summed E-state index contributed by atoms with van der Waals surface area (Å²) in [5, 5.41) is 1.84. The van der Waals surface area contributed by atoms with Crippen molar-refractivity contribution in [1.29, 1.82) is 0 Å². The van der Waals surface area contributed by atoms with Gasteiger partial charge in [0, 0.05) is 4.88 Å². The van der Waals surface area contributed by atoms with Crippen LogP contribution in [0.5, 0.6) is 0 Å². The van der Waals surface area contributed by atoms with Gasteiger partial charge in [0.05, 0.1) is 6.61 Å². The average molecular weight is 251 g/mol. The van der Waals surface area contributed by atoms with Gasteiger partial charge in [0.2, 0.25) is 0 Å². The van der Waals surface area contributed by atoms with Gasteiger partial charge in [0.1, 0.15) is 10.1 Å². The Bertz CT molecular complexity index is 340. The van der Waals surface area contributed by atoms with Crippen LogP contribution in [0, 0.1) is 0 Å². The van der Waals surface area contributed by atoms with Crippen LogP contribution in [0.4, 0.5) is 0 Å². The van der Waals surface area contributed by atoms with Crippen molar-refractivity contribution in [2.24, 2.45) is 0 Å². The molecule has 2 nitrogen and oxygen atoms in total. The molecule has 0 aliphatic rings. The minimum absolute atomic E-state index is 0.0640. The predicted molar refractivity (Wildman–Crippen MR) is 59.6 cm³/mol. The molecule has 5 heteroatoms. The first-order valence-electron chi connectivity index (χ1n) is 3.93. The molecule has 0 saturated carbocycles. The number of carbonyl (C=O) groups is 1. The lowest BCUT2D eigenvalue weighted by Crippen LogP contribution is -2.06. The molecule has 0 aliphatic carbocycles. The Labute approximate surface area is 96.1 Å². The Morgan fingerprint density at radius 3 is 2.71 bits per heavy atom. The maximum Gasteiger partial charge on any atom is 0.342 e. The van der Waals surface area contributed by atoms with Crippen LogP contribution in [-0.4, -0.2) is 12.6 Å². The summed E-state index contributed by atoms with van der Waals surface area (Å²) >= 11 is 12.6. The molecule has 0 amide bonds. The fraction of sp³-hybridized carbons (Fsp3) is 0.222. The van der Waals surface area contributed by atoms with E-state index < -0.39 is 5.97 Å². The lowest BCUT2D eigenvalue weighted by Gasteiger charge is -2.04. The van der Waals surface area contributed by atoms with Crippen LogP contribution in [0.2, 0.25) is 0 Å². The van der Waals surface area contributed by atoms with Crippen molar-refractivity contribution in [2.45, 2.75) is 6.92 Å². The first kappa shape index (κ1) is 11.6. The molecule has 0 aliphatic heterocycles. The number of carbonyl (C=O) groups excluding carboxylic acids is 1. The summed E-state index contributed by atoms with van der Waals surface area (Å²) in [6, 6.07) is 3.58. The molecule has 0 bridgehead atoms. The third-order valence-corrected chi connectivity index (χ3v) is 2.70. The van der Waals surface area contributed by atoms with Gasteiger partial charge in [-0.25, -0.2) is 4.79 Å². The van der Waals surface area contributed by atoms with E-state index in [1.54, 1.807) is 13.0 Å². The van der Waals surface area contributed by atoms with E-state index in [-0.39, 0.29) is 10.1 Å². The number of hydrogen-bond donors (Lipinski definition) is 0. The number of thiophene rings is 1. The zero-order valence-corrected chi connectivity index (χ0v) is 9.75. The Morgan fingerprint density at radius 1 is 1.57 bits per heavy atom. The van der Waals surface area contributed by atoms with E-state index in [9.17, 15) is 4.79 Å². The fourth-order valence-electron chi connectivity index (χ4n) is 0.895. The van der Waals surface area contributed by atoms with Crippen molar-refractivity contribution >= 4 is 46.1 Å². The summed E-state index contributed by atoms with van der Waals surface area (Å²) < 4.78 is 4.77. The fourth-order valence-corrected chi connectivity index (χ4v) is 2.13. The van der Waals surface area contributed by atoms with E-state index in [0.717, 1.165) is 0 Å². The van der Waals surface area contributed by atoms with Gasteiger partial charge in [0.25, 0.3) is 0 Å². The molecule has 0 aromatic carbocycles. The lowest BCUT2D eigenvalue weighted by atomic mass is 10.2. The van der Waals surface area contributed by atoms with E-state index >= 15 is 0 Å². The minimum Gasteiger partial charge on any atom is -0.462 e. The summed E-state index contributed by atoms with van der Waals surface area (Å²) in [7, 11) is 0. The van der Waals surface area contributed by atoms with Crippen LogP contribution in [0.25, 0.3) is 5.57 Å². The lowest BCUT2D eigenvalue weighted by molar-refractivity contribution is -0.136. The summed E-state index contributed by atoms with van der Waals surface area (Å²) in [5.41, 5.74) is 0.227. The molecule has 0 atom stereocenters. The van der Waals surface area contributed by atoms with Gasteiger partial charge in [-0.05, 0) is 18.4 Å². The SMILES string of the molecule is CCOC(=O)C(=C(Cl)Cl)c1cccs1. The maximum absolute atomic E-state index is 11.4. The molecule has 0 saturated heterocycles. The molecule has 0 N–H and O–H groups in total. The zero-order valence-electron chi connectivity index (χ0n) is 7.42. The van der Waals surface area contributed by atoms with Gasteiger partial charge in [0.15, 0.2) is 0 Å². The van der Waals surface area contributed by atoms with Gasteiger partial charge in [-0.15, -0.1) is 11.3 Å². The number of rotatable bonds is 3. The standard InChI is InChI=1S/C9H8Cl2O2S/c1-2-13-9(12)7(8(10)11)6-4-3-5-14-6/h3-5H,2H2,1H3. The summed E-state index contributed by atoms with van der Waals surface area (Å²) in [6.07, 6.45) is 0. The molecule has 0 radical (unpaired) electrons. The molecule has 14 heavy (non-hydrogen) atoms. The van der Waals surface area contributed by atoms with E-state index in [2.05, 4.69) is 0 Å². The van der Waals surface area contributed by atoms with Gasteiger partial charge >= 0.3 is 5.97 Å². The maximum atomic E-state index is 11.4. The Balaban J connectivity index is 2.99. The van der Waals surface area contributed by atoms with Gasteiger partial charge in [-0.3, -0.25) is 0 Å². The van der Waals surface area contributed by atoms with Crippen LogP contribution in [0.1, 0.15) is 11.8 Å². The highest BCUT2D eigenvalue weighted by atomic mass is 35.5. The molecule has 1 aromatic heterocycles. The third kappa shape index (κ3) is 2.74. The predicted octanol–water partition coefficient (Wildman–Crippen LogP) is 3.46. The topological polar surface area (TPSA) is 26.3 Å². The van der Waals surface area contributed by atoms with Gasteiger partial charge < -0.3 is 4.74 Å². The molecule has 0 spiro atoms. The Morgan fingerprint density at radius 2 is 2.29 bits per heavy atom. The zero-order chi connectivity index (χ0) is 10.6. The minimum atomic E-state index is -0.491. The van der Waals surface area contributed by atoms with Crippen molar-refractivity contribution in [3.8, 4) is 0 Å². The Kier molecular flexibility index (Phi) is 4.45. The number of esters is 1. The summed E-state index contributed by atoms with van der Waals surface area (Å²) in [4.78, 5) is 12.2. The largest absolute Gasteiger partial charge is 0.462 e. The summed E-state index contributed by atoms with van der Waals surface area (Å²) in [6.45, 7) is 2.03. The highest BCUT2D eigenvalue weighted by Crippen LogP contribution is 2.28. The molecule has 76 valence electrons. The molecule has 1 rings (SSSR count). The first-order valence-corrected chi connectivity index (χ1v) is 5.56. The van der Waals surface area contributed by atoms with Crippen LogP contribution in [0.15, 0.2) is 22.0 Å². The first-order chi connectivity index (χ1) is 6.66. The third-order valence-electron chi connectivity index (χ3n) is 1.44. The number of ether oxygens (including phenoxy) is 1. The number of hydrogen-bond acceptors (Lipinski definition) is 3. The van der Waals surface area contributed by atoms with Crippen molar-refractivity contribution < 1.29 is 9.53 Å². The number of halogens is 2. The molecule has 1 aromatic rings. The van der Waals surface area contributed by atoms with Crippen LogP contribution in [0.3, 0.4) is 0 Å². The quantitative estimate of drug-likeness (QED) is 0.607. The highest BCUT2D eigenvalue weighted by molar-refractivity contribution is 7.11. The highest BCUT2D eigenvalue weighted by Gasteiger charge is 2.17. The van der Waals surface area contributed by atoms with Gasteiger partial charge in [-0.1, -0.05) is 29.3 Å². The van der Waals surface area contributed by atoms with E-state index in [4.69, 9.17) is 27.9 Å². The van der Waals surface area contributed by atoms with E-state index in [1.807, 2.05) is 11.4 Å². The van der Waals surface area contributed by atoms with Crippen molar-refractivity contribution in [3.05, 3.63) is 26.9 Å². The normalized spacial score (nSPS) is 9.64. The van der Waals surface area contributed by atoms with E-state index in [0.29, 0.717) is 11.5 Å². The summed E-state index contributed by atoms with van der Waals surface area (Å²) in [5.74, 6) is -0.491. The smallest absolute Gasteiger partial charge is 0.342 e. The Hall–Kier alpha value is -0.510. The monoisotopic (exact) mass is 250 g/mol. The van der Waals surface area contributed by atoms with Crippen molar-refractivity contribution in [1.82, 2.24) is 0 Å². The molecule has 0 unspecified atom stereocenters. The molecular formula is C9H8Cl2O2S. The molecular weight excluding hydrogens is 243 g/mol. The average Bonchev–Trinajstić information content (AvgIpc) is 2.57. The van der Waals surface area contributed by atoms with Gasteiger partial charge in [-0.2, -0.15) is 0 Å². The molecule has 0 fully saturated rings. The second kappa shape index (κ2) is 5.39. The van der Waals surface area contributed by atoms with Crippen molar-refractivity contribution in [3.63, 3.8) is 0 Å². The second-order valence-electron chi connectivity index (χ2n) is 2.33.